The predicted molar refractivity (Wildman–Crippen MR) is 202 cm³/mol. The summed E-state index contributed by atoms with van der Waals surface area (Å²) in [6.07, 6.45) is 0. The molecule has 2 aromatic heterocycles. The highest BCUT2D eigenvalue weighted by atomic mass is 32.1. The van der Waals surface area contributed by atoms with Crippen LogP contribution in [0.25, 0.3) is 64.2 Å². The molecule has 0 atom stereocenters. The van der Waals surface area contributed by atoms with Crippen molar-refractivity contribution in [2.45, 2.75) is 0 Å². The van der Waals surface area contributed by atoms with E-state index in [9.17, 15) is 4.57 Å². The van der Waals surface area contributed by atoms with Crippen molar-refractivity contribution < 1.29 is 4.57 Å². The minimum atomic E-state index is -3.05. The molecule has 0 saturated heterocycles. The minimum Gasteiger partial charge on any atom is -0.309 e. The molecule has 0 bridgehead atoms. The van der Waals surface area contributed by atoms with Crippen molar-refractivity contribution in [2.24, 2.45) is 0 Å². The van der Waals surface area contributed by atoms with E-state index >= 15 is 0 Å². The fourth-order valence-corrected chi connectivity index (χ4v) is 10.7. The van der Waals surface area contributed by atoms with Gasteiger partial charge in [-0.1, -0.05) is 140 Å². The molecule has 0 N–H and O–H groups in total. The summed E-state index contributed by atoms with van der Waals surface area (Å²) in [5.74, 6) is 0. The highest BCUT2D eigenvalue weighted by Gasteiger charge is 2.29. The van der Waals surface area contributed by atoms with Crippen LogP contribution in [0, 0.1) is 0 Å². The van der Waals surface area contributed by atoms with Gasteiger partial charge in [0.25, 0.3) is 0 Å². The zero-order chi connectivity index (χ0) is 31.4. The quantitative estimate of drug-likeness (QED) is 0.176. The third-order valence-corrected chi connectivity index (χ3v) is 13.3. The Morgan fingerprint density at radius 1 is 0.468 bits per heavy atom. The molecule has 222 valence electrons. The van der Waals surface area contributed by atoms with Crippen molar-refractivity contribution in [3.63, 3.8) is 0 Å². The predicted octanol–water partition coefficient (Wildman–Crippen LogP) is 10.7. The molecule has 9 rings (SSSR count). The lowest BCUT2D eigenvalue weighted by Crippen LogP contribution is -2.24. The molecule has 47 heavy (non-hydrogen) atoms. The topological polar surface area (TPSA) is 30.0 Å². The van der Waals surface area contributed by atoms with Crippen molar-refractivity contribution in [2.75, 3.05) is 0 Å². The van der Waals surface area contributed by atoms with Gasteiger partial charge in [0, 0.05) is 42.3 Å². The average Bonchev–Trinajstić information content (AvgIpc) is 3.54. The number of aromatic nitrogens is 1. The number of hydrogen-bond donors (Lipinski definition) is 0. The molecule has 0 saturated carbocycles. The Balaban J connectivity index is 1.15. The Bertz CT molecular complexity index is 2620. The van der Waals surface area contributed by atoms with Crippen LogP contribution in [0.3, 0.4) is 0 Å². The molecule has 0 fully saturated rings. The number of rotatable bonds is 5. The molecular formula is C43H28NOPS. The summed E-state index contributed by atoms with van der Waals surface area (Å²) in [6.45, 7) is 0. The SMILES string of the molecule is O=P(c1ccccc1)(c1ccccc1)c1ccc2cc(-c3cccc(-c4nc5ccccc5c5c4sc4ccccc45)c3)ccc2c1. The molecule has 0 radical (unpaired) electrons. The van der Waals surface area contributed by atoms with E-state index < -0.39 is 7.14 Å². The second-order valence-corrected chi connectivity index (χ2v) is 15.7. The summed E-state index contributed by atoms with van der Waals surface area (Å²) in [4.78, 5) is 5.22. The van der Waals surface area contributed by atoms with Crippen LogP contribution in [0.2, 0.25) is 0 Å². The molecule has 7 aromatic carbocycles. The lowest BCUT2D eigenvalue weighted by Gasteiger charge is -2.20. The van der Waals surface area contributed by atoms with Gasteiger partial charge in [-0.2, -0.15) is 0 Å². The van der Waals surface area contributed by atoms with Gasteiger partial charge in [-0.25, -0.2) is 4.98 Å². The van der Waals surface area contributed by atoms with Gasteiger partial charge >= 0.3 is 0 Å². The molecule has 0 aliphatic carbocycles. The summed E-state index contributed by atoms with van der Waals surface area (Å²) in [6, 6.07) is 58.4. The minimum absolute atomic E-state index is 0.840. The third-order valence-electron chi connectivity index (χ3n) is 9.11. The Morgan fingerprint density at radius 2 is 1.09 bits per heavy atom. The molecule has 0 aliphatic heterocycles. The number of benzene rings is 7. The lowest BCUT2D eigenvalue weighted by molar-refractivity contribution is 0.592. The van der Waals surface area contributed by atoms with Crippen LogP contribution in [0.5, 0.6) is 0 Å². The Hall–Kier alpha value is -5.34. The van der Waals surface area contributed by atoms with Crippen LogP contribution in [0.4, 0.5) is 0 Å². The van der Waals surface area contributed by atoms with Crippen molar-refractivity contribution in [3.05, 3.63) is 170 Å². The van der Waals surface area contributed by atoms with Crippen LogP contribution >= 0.6 is 18.5 Å². The van der Waals surface area contributed by atoms with E-state index in [2.05, 4.69) is 103 Å². The van der Waals surface area contributed by atoms with Gasteiger partial charge in [0.15, 0.2) is 7.14 Å². The van der Waals surface area contributed by atoms with Crippen molar-refractivity contribution in [1.29, 1.82) is 0 Å². The van der Waals surface area contributed by atoms with E-state index in [1.165, 1.54) is 25.6 Å². The maximum atomic E-state index is 14.9. The van der Waals surface area contributed by atoms with E-state index in [1.807, 2.05) is 78.1 Å². The zero-order valence-corrected chi connectivity index (χ0v) is 27.1. The van der Waals surface area contributed by atoms with E-state index in [0.29, 0.717) is 0 Å². The number of pyridine rings is 1. The molecule has 2 nitrogen and oxygen atoms in total. The molecular weight excluding hydrogens is 610 g/mol. The number of thiophene rings is 1. The van der Waals surface area contributed by atoms with Gasteiger partial charge in [0.05, 0.1) is 15.9 Å². The summed E-state index contributed by atoms with van der Waals surface area (Å²) in [5.41, 5.74) is 5.40. The van der Waals surface area contributed by atoms with E-state index in [1.54, 1.807) is 0 Å². The van der Waals surface area contributed by atoms with Crippen LogP contribution < -0.4 is 15.9 Å². The first kappa shape index (κ1) is 27.9. The molecule has 2 heterocycles. The van der Waals surface area contributed by atoms with Crippen molar-refractivity contribution in [1.82, 2.24) is 4.98 Å². The van der Waals surface area contributed by atoms with Gasteiger partial charge in [-0.05, 0) is 52.2 Å². The van der Waals surface area contributed by atoms with Gasteiger partial charge in [-0.15, -0.1) is 11.3 Å². The van der Waals surface area contributed by atoms with Crippen LogP contribution in [0.15, 0.2) is 170 Å². The first-order chi connectivity index (χ1) is 23.2. The number of nitrogens with zero attached hydrogens (tertiary/aromatic N) is 1. The molecule has 0 aliphatic rings. The van der Waals surface area contributed by atoms with Gasteiger partial charge in [0.1, 0.15) is 0 Å². The Labute approximate surface area is 277 Å². The van der Waals surface area contributed by atoms with Crippen molar-refractivity contribution >= 4 is 76.2 Å². The largest absolute Gasteiger partial charge is 0.309 e. The monoisotopic (exact) mass is 637 g/mol. The molecule has 0 amide bonds. The smallest absolute Gasteiger partial charge is 0.171 e. The van der Waals surface area contributed by atoms with Crippen molar-refractivity contribution in [3.8, 4) is 22.4 Å². The number of fused-ring (bicyclic) bond motifs is 6. The van der Waals surface area contributed by atoms with Gasteiger partial charge < -0.3 is 4.57 Å². The molecule has 4 heteroatoms. The van der Waals surface area contributed by atoms with Gasteiger partial charge in [-0.3, -0.25) is 0 Å². The van der Waals surface area contributed by atoms with Gasteiger partial charge in [0.2, 0.25) is 0 Å². The second kappa shape index (κ2) is 11.2. The summed E-state index contributed by atoms with van der Waals surface area (Å²) in [5, 5.41) is 8.45. The third kappa shape index (κ3) is 4.62. The van der Waals surface area contributed by atoms with E-state index in [0.717, 1.165) is 54.6 Å². The number of para-hydroxylation sites is 1. The summed E-state index contributed by atoms with van der Waals surface area (Å²) < 4.78 is 17.4. The maximum Gasteiger partial charge on any atom is 0.171 e. The fraction of sp³-hybridized carbons (Fsp3) is 0. The van der Waals surface area contributed by atoms with Crippen LogP contribution in [-0.2, 0) is 4.57 Å². The first-order valence-electron chi connectivity index (χ1n) is 15.7. The standard InChI is InChI=1S/C43H28NOPS/c45-46(34-14-3-1-4-15-34,35-16-5-2-6-17-35)36-25-24-31-26-30(22-23-32(31)28-36)29-12-11-13-33(27-29)42-43-41(37-18-7-9-20-39(37)44-42)38-19-8-10-21-40(38)47-43/h1-28H. The average molecular weight is 638 g/mol. The zero-order valence-electron chi connectivity index (χ0n) is 25.4. The van der Waals surface area contributed by atoms with Crippen LogP contribution in [-0.4, -0.2) is 4.98 Å². The Morgan fingerprint density at radius 3 is 1.87 bits per heavy atom. The summed E-state index contributed by atoms with van der Waals surface area (Å²) in [7, 11) is -3.05. The molecule has 0 unspecified atom stereocenters. The highest BCUT2D eigenvalue weighted by Crippen LogP contribution is 2.44. The highest BCUT2D eigenvalue weighted by molar-refractivity contribution is 7.85. The second-order valence-electron chi connectivity index (χ2n) is 11.9. The first-order valence-corrected chi connectivity index (χ1v) is 18.3. The number of hydrogen-bond acceptors (Lipinski definition) is 3. The lowest BCUT2D eigenvalue weighted by atomic mass is 9.98. The Kier molecular flexibility index (Phi) is 6.64. The van der Waals surface area contributed by atoms with E-state index in [-0.39, 0.29) is 0 Å². The fourth-order valence-electron chi connectivity index (χ4n) is 6.81. The molecule has 9 aromatic rings. The van der Waals surface area contributed by atoms with E-state index in [4.69, 9.17) is 4.98 Å². The molecule has 0 spiro atoms. The summed E-state index contributed by atoms with van der Waals surface area (Å²) >= 11 is 1.82. The van der Waals surface area contributed by atoms with Crippen LogP contribution in [0.1, 0.15) is 0 Å². The maximum absolute atomic E-state index is 14.9. The normalized spacial score (nSPS) is 11.9.